The lowest BCUT2D eigenvalue weighted by Gasteiger charge is -2.15. The Morgan fingerprint density at radius 3 is 2.90 bits per heavy atom. The molecule has 0 unspecified atom stereocenters. The molecule has 2 heterocycles. The first-order valence-corrected chi connectivity index (χ1v) is 10.4. The summed E-state index contributed by atoms with van der Waals surface area (Å²) in [5.74, 6) is 3.69. The first-order valence-electron chi connectivity index (χ1n) is 9.54. The summed E-state index contributed by atoms with van der Waals surface area (Å²) < 4.78 is 13.8. The first kappa shape index (κ1) is 19.7. The lowest BCUT2D eigenvalue weighted by Crippen LogP contribution is -2.22. The Bertz CT molecular complexity index is 1390. The Morgan fingerprint density at radius 1 is 1.30 bits per heavy atom. The molecule has 150 valence electrons. The largest absolute Gasteiger partial charge is 0.490 e. The predicted molar refractivity (Wildman–Crippen MR) is 121 cm³/mol. The highest BCUT2D eigenvalue weighted by Gasteiger charge is 2.14. The SMILES string of the molecule is C#CCOc1c(CC=C)cc(/C=c2\sc3nc4ccccc4n3c2=O)cc1OCC. The van der Waals surface area contributed by atoms with Crippen LogP contribution in [0.25, 0.3) is 22.1 Å². The van der Waals surface area contributed by atoms with Crippen molar-refractivity contribution in [1.29, 1.82) is 0 Å². The number of terminal acetylenes is 1. The summed E-state index contributed by atoms with van der Waals surface area (Å²) in [6.07, 6.45) is 9.59. The van der Waals surface area contributed by atoms with Crippen LogP contribution in [0, 0.1) is 12.3 Å². The van der Waals surface area contributed by atoms with E-state index in [0.29, 0.717) is 34.0 Å². The van der Waals surface area contributed by atoms with Crippen molar-refractivity contribution < 1.29 is 9.47 Å². The maximum Gasteiger partial charge on any atom is 0.274 e. The molecule has 0 aliphatic rings. The fourth-order valence-corrected chi connectivity index (χ4v) is 4.36. The number of rotatable bonds is 7. The van der Waals surface area contributed by atoms with Gasteiger partial charge < -0.3 is 9.47 Å². The Balaban J connectivity index is 1.88. The van der Waals surface area contributed by atoms with Crippen LogP contribution in [-0.2, 0) is 6.42 Å². The zero-order valence-corrected chi connectivity index (χ0v) is 17.4. The fourth-order valence-electron chi connectivity index (χ4n) is 3.38. The second-order valence-electron chi connectivity index (χ2n) is 6.56. The van der Waals surface area contributed by atoms with Crippen LogP contribution < -0.4 is 19.6 Å². The quantitative estimate of drug-likeness (QED) is 0.341. The third-order valence-corrected chi connectivity index (χ3v) is 5.53. The van der Waals surface area contributed by atoms with Crippen molar-refractivity contribution >= 4 is 33.4 Å². The van der Waals surface area contributed by atoms with Gasteiger partial charge in [0.25, 0.3) is 5.56 Å². The van der Waals surface area contributed by atoms with E-state index in [0.717, 1.165) is 22.2 Å². The van der Waals surface area contributed by atoms with Crippen molar-refractivity contribution in [1.82, 2.24) is 9.38 Å². The predicted octanol–water partition coefficient (Wildman–Crippen LogP) is 3.60. The molecule has 0 aliphatic carbocycles. The third-order valence-electron chi connectivity index (χ3n) is 4.56. The van der Waals surface area contributed by atoms with E-state index >= 15 is 0 Å². The monoisotopic (exact) mass is 416 g/mol. The number of hydrogen-bond acceptors (Lipinski definition) is 5. The number of thiazole rings is 1. The number of aromatic nitrogens is 2. The number of ether oxygens (including phenoxy) is 2. The van der Waals surface area contributed by atoms with Crippen LogP contribution in [0.15, 0.2) is 53.8 Å². The van der Waals surface area contributed by atoms with Crippen LogP contribution in [-0.4, -0.2) is 22.6 Å². The molecule has 2 aromatic heterocycles. The fraction of sp³-hybridized carbons (Fsp3) is 0.167. The minimum atomic E-state index is -0.0837. The molecule has 6 heteroatoms. The Hall–Kier alpha value is -3.56. The van der Waals surface area contributed by atoms with Gasteiger partial charge in [0.2, 0.25) is 0 Å². The van der Waals surface area contributed by atoms with Crippen molar-refractivity contribution in [3.8, 4) is 23.8 Å². The van der Waals surface area contributed by atoms with Crippen molar-refractivity contribution in [2.75, 3.05) is 13.2 Å². The van der Waals surface area contributed by atoms with Gasteiger partial charge in [0, 0.05) is 5.56 Å². The maximum atomic E-state index is 13.0. The zero-order chi connectivity index (χ0) is 21.1. The topological polar surface area (TPSA) is 52.8 Å². The van der Waals surface area contributed by atoms with Gasteiger partial charge >= 0.3 is 0 Å². The number of hydrogen-bond donors (Lipinski definition) is 0. The lowest BCUT2D eigenvalue weighted by molar-refractivity contribution is 0.297. The molecule has 5 nitrogen and oxygen atoms in total. The Morgan fingerprint density at radius 2 is 2.13 bits per heavy atom. The van der Waals surface area contributed by atoms with Gasteiger partial charge in [0.15, 0.2) is 16.5 Å². The minimum absolute atomic E-state index is 0.0837. The number of fused-ring (bicyclic) bond motifs is 3. The molecule has 30 heavy (non-hydrogen) atoms. The van der Waals surface area contributed by atoms with Gasteiger partial charge in [-0.25, -0.2) is 9.38 Å². The Kier molecular flexibility index (Phi) is 5.55. The molecular formula is C24H20N2O3S. The van der Waals surface area contributed by atoms with Gasteiger partial charge in [0.1, 0.15) is 6.61 Å². The summed E-state index contributed by atoms with van der Waals surface area (Å²) in [7, 11) is 0. The van der Waals surface area contributed by atoms with Crippen LogP contribution >= 0.6 is 11.3 Å². The van der Waals surface area contributed by atoms with Crippen LogP contribution in [0.4, 0.5) is 0 Å². The van der Waals surface area contributed by atoms with E-state index in [2.05, 4.69) is 17.5 Å². The van der Waals surface area contributed by atoms with Gasteiger partial charge in [-0.2, -0.15) is 0 Å². The molecule has 0 bridgehead atoms. The normalized spacial score (nSPS) is 11.7. The molecule has 0 saturated carbocycles. The summed E-state index contributed by atoms with van der Waals surface area (Å²) in [6, 6.07) is 11.5. The molecule has 0 fully saturated rings. The van der Waals surface area contributed by atoms with E-state index in [1.807, 2.05) is 49.4 Å². The standard InChI is InChI=1S/C24H20N2O3S/c1-4-9-17-13-16(14-20(28-6-3)22(17)29-12-5-2)15-21-23(27)26-19-11-8-7-10-18(19)25-24(26)30-21/h2,4,7-8,10-11,13-15H,1,6,9,12H2,3H3/b21-15-. The molecule has 4 aromatic rings. The number of nitrogens with zero attached hydrogens (tertiary/aromatic N) is 2. The minimum Gasteiger partial charge on any atom is -0.490 e. The van der Waals surface area contributed by atoms with Crippen molar-refractivity contribution in [2.45, 2.75) is 13.3 Å². The summed E-state index contributed by atoms with van der Waals surface area (Å²) >= 11 is 1.37. The third kappa shape index (κ3) is 3.56. The molecule has 0 atom stereocenters. The number of para-hydroxylation sites is 2. The van der Waals surface area contributed by atoms with E-state index in [9.17, 15) is 4.79 Å². The summed E-state index contributed by atoms with van der Waals surface area (Å²) in [5.41, 5.74) is 3.29. The van der Waals surface area contributed by atoms with E-state index < -0.39 is 0 Å². The first-order chi connectivity index (χ1) is 14.7. The van der Waals surface area contributed by atoms with E-state index in [1.165, 1.54) is 11.3 Å². The van der Waals surface area contributed by atoms with Crippen molar-refractivity contribution in [2.24, 2.45) is 0 Å². The highest BCUT2D eigenvalue weighted by atomic mass is 32.1. The van der Waals surface area contributed by atoms with Gasteiger partial charge in [-0.05, 0) is 49.2 Å². The van der Waals surface area contributed by atoms with E-state index in [1.54, 1.807) is 10.5 Å². The van der Waals surface area contributed by atoms with Crippen LogP contribution in [0.1, 0.15) is 18.1 Å². The van der Waals surface area contributed by atoms with Crippen molar-refractivity contribution in [3.05, 3.63) is 75.1 Å². The highest BCUT2D eigenvalue weighted by Crippen LogP contribution is 2.34. The molecular weight excluding hydrogens is 396 g/mol. The summed E-state index contributed by atoms with van der Waals surface area (Å²) in [6.45, 7) is 6.36. The summed E-state index contributed by atoms with van der Waals surface area (Å²) in [5, 5.41) is 0. The molecule has 2 aromatic carbocycles. The van der Waals surface area contributed by atoms with Gasteiger partial charge in [-0.1, -0.05) is 35.5 Å². The van der Waals surface area contributed by atoms with Crippen LogP contribution in [0.3, 0.4) is 0 Å². The lowest BCUT2D eigenvalue weighted by atomic mass is 10.1. The van der Waals surface area contributed by atoms with Gasteiger partial charge in [0.05, 0.1) is 22.2 Å². The highest BCUT2D eigenvalue weighted by molar-refractivity contribution is 7.15. The second kappa shape index (κ2) is 8.44. The maximum absolute atomic E-state index is 13.0. The zero-order valence-electron chi connectivity index (χ0n) is 16.6. The van der Waals surface area contributed by atoms with Crippen molar-refractivity contribution in [3.63, 3.8) is 0 Å². The smallest absolute Gasteiger partial charge is 0.274 e. The average Bonchev–Trinajstić information content (AvgIpc) is 3.24. The molecule has 0 saturated heterocycles. The van der Waals surface area contributed by atoms with E-state index in [4.69, 9.17) is 15.9 Å². The van der Waals surface area contributed by atoms with Gasteiger partial charge in [-0.3, -0.25) is 4.79 Å². The number of allylic oxidation sites excluding steroid dienone is 1. The second-order valence-corrected chi connectivity index (χ2v) is 7.57. The molecule has 0 N–H and O–H groups in total. The van der Waals surface area contributed by atoms with Crippen LogP contribution in [0.5, 0.6) is 11.5 Å². The van der Waals surface area contributed by atoms with Crippen LogP contribution in [0.2, 0.25) is 0 Å². The Labute approximate surface area is 177 Å². The number of benzene rings is 2. The molecule has 0 aliphatic heterocycles. The molecule has 0 amide bonds. The van der Waals surface area contributed by atoms with Gasteiger partial charge in [-0.15, -0.1) is 13.0 Å². The molecule has 4 rings (SSSR count). The van der Waals surface area contributed by atoms with E-state index in [-0.39, 0.29) is 12.2 Å². The average molecular weight is 417 g/mol. The molecule has 0 spiro atoms. The summed E-state index contributed by atoms with van der Waals surface area (Å²) in [4.78, 5) is 18.3. The number of imidazole rings is 1. The molecule has 0 radical (unpaired) electrons.